The summed E-state index contributed by atoms with van der Waals surface area (Å²) < 4.78 is 40.6. The zero-order valence-corrected chi connectivity index (χ0v) is 21.1. The molecule has 2 aliphatic rings. The lowest BCUT2D eigenvalue weighted by molar-refractivity contribution is 0.122. The number of pyridine rings is 3. The van der Waals surface area contributed by atoms with Gasteiger partial charge in [-0.3, -0.25) is 4.98 Å². The van der Waals surface area contributed by atoms with Crippen LogP contribution < -0.4 is 15.1 Å². The minimum atomic E-state index is -0.728. The smallest absolute Gasteiger partial charge is 0.152 e. The maximum atomic E-state index is 15.1. The van der Waals surface area contributed by atoms with Crippen LogP contribution in [0, 0.1) is 18.6 Å². The van der Waals surface area contributed by atoms with Crippen molar-refractivity contribution in [1.82, 2.24) is 15.0 Å². The Morgan fingerprint density at radius 1 is 0.895 bits per heavy atom. The summed E-state index contributed by atoms with van der Waals surface area (Å²) in [5, 5.41) is 3.87. The first-order chi connectivity index (χ1) is 18.6. The molecule has 2 fully saturated rings. The van der Waals surface area contributed by atoms with Crippen molar-refractivity contribution in [1.29, 1.82) is 0 Å². The van der Waals surface area contributed by atoms with E-state index in [1.807, 2.05) is 37.4 Å². The van der Waals surface area contributed by atoms with Gasteiger partial charge in [-0.15, -0.1) is 0 Å². The molecule has 1 N–H and O–H groups in total. The standard InChI is InChI=1S/C28H28F2N6O2/c1-18-25(21-14-19(29)15-22(30)27(21)34-26(18)23-4-2-3-5-31-23)33-24-16-20(35-6-10-37-11-7-35)17-32-28(24)36-8-12-38-13-9-36/h2-5,14-17H,6-13H2,1H3,(H,33,34). The highest BCUT2D eigenvalue weighted by atomic mass is 19.1. The summed E-state index contributed by atoms with van der Waals surface area (Å²) in [6, 6.07) is 9.71. The third kappa shape index (κ3) is 4.72. The number of morpholine rings is 2. The molecule has 2 aliphatic heterocycles. The molecule has 0 spiro atoms. The molecule has 0 atom stereocenters. The molecule has 1 aromatic carbocycles. The highest BCUT2D eigenvalue weighted by molar-refractivity contribution is 5.99. The van der Waals surface area contributed by atoms with E-state index in [1.54, 1.807) is 6.20 Å². The molecule has 0 aliphatic carbocycles. The summed E-state index contributed by atoms with van der Waals surface area (Å²) in [6.45, 7) is 7.28. The maximum Gasteiger partial charge on any atom is 0.152 e. The molecular formula is C28H28F2N6O2. The minimum absolute atomic E-state index is 0.0744. The van der Waals surface area contributed by atoms with E-state index in [2.05, 4.69) is 25.1 Å². The molecule has 10 heteroatoms. The van der Waals surface area contributed by atoms with Gasteiger partial charge < -0.3 is 24.6 Å². The fraction of sp³-hybridized carbons (Fsp3) is 0.321. The Hall–Kier alpha value is -3.89. The average Bonchev–Trinajstić information content (AvgIpc) is 2.96. The highest BCUT2D eigenvalue weighted by Crippen LogP contribution is 2.39. The van der Waals surface area contributed by atoms with Crippen molar-refractivity contribution >= 4 is 33.8 Å². The van der Waals surface area contributed by atoms with E-state index in [0.29, 0.717) is 62.0 Å². The van der Waals surface area contributed by atoms with E-state index < -0.39 is 11.6 Å². The van der Waals surface area contributed by atoms with Gasteiger partial charge in [0.25, 0.3) is 0 Å². The summed E-state index contributed by atoms with van der Waals surface area (Å²) in [7, 11) is 0. The van der Waals surface area contributed by atoms with E-state index >= 15 is 4.39 Å². The van der Waals surface area contributed by atoms with Gasteiger partial charge in [-0.1, -0.05) is 6.07 Å². The molecule has 0 amide bonds. The molecule has 0 bridgehead atoms. The van der Waals surface area contributed by atoms with Crippen molar-refractivity contribution in [2.75, 3.05) is 67.7 Å². The fourth-order valence-corrected chi connectivity index (χ4v) is 4.99. The van der Waals surface area contributed by atoms with Crippen LogP contribution in [0.3, 0.4) is 0 Å². The zero-order valence-electron chi connectivity index (χ0n) is 21.1. The molecule has 6 rings (SSSR count). The van der Waals surface area contributed by atoms with Gasteiger partial charge in [0.2, 0.25) is 0 Å². The Kier molecular flexibility index (Phi) is 6.73. The molecule has 3 aromatic heterocycles. The number of ether oxygens (including phenoxy) is 2. The molecule has 196 valence electrons. The second kappa shape index (κ2) is 10.5. The lowest BCUT2D eigenvalue weighted by atomic mass is 10.0. The monoisotopic (exact) mass is 518 g/mol. The Morgan fingerprint density at radius 3 is 2.34 bits per heavy atom. The Labute approximate surface area is 219 Å². The maximum absolute atomic E-state index is 15.1. The van der Waals surface area contributed by atoms with Crippen molar-refractivity contribution < 1.29 is 18.3 Å². The van der Waals surface area contributed by atoms with Gasteiger partial charge >= 0.3 is 0 Å². The number of nitrogens with one attached hydrogen (secondary N) is 1. The van der Waals surface area contributed by atoms with E-state index in [1.165, 1.54) is 6.07 Å². The number of hydrogen-bond donors (Lipinski definition) is 1. The third-order valence-electron chi connectivity index (χ3n) is 6.96. The van der Waals surface area contributed by atoms with Crippen LogP contribution in [0.4, 0.5) is 31.7 Å². The highest BCUT2D eigenvalue weighted by Gasteiger charge is 2.23. The van der Waals surface area contributed by atoms with Crippen LogP contribution in [0.15, 0.2) is 48.8 Å². The second-order valence-electron chi connectivity index (χ2n) is 9.35. The van der Waals surface area contributed by atoms with E-state index in [0.717, 1.165) is 41.9 Å². The topological polar surface area (TPSA) is 75.6 Å². The van der Waals surface area contributed by atoms with Crippen LogP contribution in [0.2, 0.25) is 0 Å². The average molecular weight is 519 g/mol. The van der Waals surface area contributed by atoms with Crippen LogP contribution >= 0.6 is 0 Å². The van der Waals surface area contributed by atoms with Gasteiger partial charge in [-0.05, 0) is 31.2 Å². The molecule has 0 radical (unpaired) electrons. The van der Waals surface area contributed by atoms with Crippen LogP contribution in [-0.2, 0) is 9.47 Å². The van der Waals surface area contributed by atoms with E-state index in [4.69, 9.17) is 14.5 Å². The summed E-state index contributed by atoms with van der Waals surface area (Å²) in [6.07, 6.45) is 3.54. The number of nitrogens with zero attached hydrogens (tertiary/aromatic N) is 5. The van der Waals surface area contributed by atoms with Gasteiger partial charge in [0.05, 0.1) is 61.1 Å². The molecule has 2 saturated heterocycles. The Balaban J connectivity index is 1.52. The number of rotatable bonds is 5. The molecule has 4 aromatic rings. The first kappa shape index (κ1) is 24.4. The summed E-state index contributed by atoms with van der Waals surface area (Å²) in [4.78, 5) is 18.3. The van der Waals surface area contributed by atoms with Crippen LogP contribution in [-0.4, -0.2) is 67.6 Å². The van der Waals surface area contributed by atoms with Crippen molar-refractivity contribution in [2.45, 2.75) is 6.92 Å². The second-order valence-corrected chi connectivity index (χ2v) is 9.35. The largest absolute Gasteiger partial charge is 0.378 e. The molecule has 38 heavy (non-hydrogen) atoms. The fourth-order valence-electron chi connectivity index (χ4n) is 4.99. The lowest BCUT2D eigenvalue weighted by Crippen LogP contribution is -2.38. The Bertz CT molecular complexity index is 1460. The predicted molar refractivity (Wildman–Crippen MR) is 143 cm³/mol. The number of benzene rings is 1. The molecule has 0 unspecified atom stereocenters. The quantitative estimate of drug-likeness (QED) is 0.408. The van der Waals surface area contributed by atoms with Gasteiger partial charge in [0, 0.05) is 49.4 Å². The zero-order chi connectivity index (χ0) is 26.1. The van der Waals surface area contributed by atoms with Crippen molar-refractivity contribution in [3.8, 4) is 11.4 Å². The van der Waals surface area contributed by atoms with Crippen molar-refractivity contribution in [2.24, 2.45) is 0 Å². The summed E-state index contributed by atoms with van der Waals surface area (Å²) >= 11 is 0. The van der Waals surface area contributed by atoms with E-state index in [9.17, 15) is 4.39 Å². The first-order valence-corrected chi connectivity index (χ1v) is 12.7. The first-order valence-electron chi connectivity index (χ1n) is 12.7. The molecule has 0 saturated carbocycles. The van der Waals surface area contributed by atoms with Crippen LogP contribution in [0.25, 0.3) is 22.3 Å². The summed E-state index contributed by atoms with van der Waals surface area (Å²) in [5.41, 5.74) is 4.18. The number of aromatic nitrogens is 3. The lowest BCUT2D eigenvalue weighted by Gasteiger charge is -2.32. The van der Waals surface area contributed by atoms with Crippen molar-refractivity contribution in [3.05, 3.63) is 66.0 Å². The van der Waals surface area contributed by atoms with Gasteiger partial charge in [-0.25, -0.2) is 18.7 Å². The van der Waals surface area contributed by atoms with Gasteiger partial charge in [0.15, 0.2) is 11.6 Å². The predicted octanol–water partition coefficient (Wildman–Crippen LogP) is 4.70. The van der Waals surface area contributed by atoms with Gasteiger partial charge in [0.1, 0.15) is 11.3 Å². The van der Waals surface area contributed by atoms with Gasteiger partial charge in [-0.2, -0.15) is 0 Å². The number of fused-ring (bicyclic) bond motifs is 1. The van der Waals surface area contributed by atoms with Crippen molar-refractivity contribution in [3.63, 3.8) is 0 Å². The number of hydrogen-bond acceptors (Lipinski definition) is 8. The number of halogens is 2. The SMILES string of the molecule is Cc1c(-c2ccccn2)nc2c(F)cc(F)cc2c1Nc1cc(N2CCOCC2)cnc1N1CCOCC1. The third-order valence-corrected chi connectivity index (χ3v) is 6.96. The molecule has 8 nitrogen and oxygen atoms in total. The summed E-state index contributed by atoms with van der Waals surface area (Å²) in [5.74, 6) is -0.641. The van der Waals surface area contributed by atoms with E-state index in [-0.39, 0.29) is 5.52 Å². The van der Waals surface area contributed by atoms with Crippen LogP contribution in [0.5, 0.6) is 0 Å². The number of anilines is 4. The molecular weight excluding hydrogens is 490 g/mol. The van der Waals surface area contributed by atoms with Crippen LogP contribution in [0.1, 0.15) is 5.56 Å². The molecule has 5 heterocycles. The normalized spacial score (nSPS) is 16.2. The minimum Gasteiger partial charge on any atom is -0.378 e. The Morgan fingerprint density at radius 2 is 1.63 bits per heavy atom.